The molecule has 0 aliphatic carbocycles. The smallest absolute Gasteiger partial charge is 0.245 e. The highest BCUT2D eigenvalue weighted by Crippen LogP contribution is 2.37. The molecule has 0 radical (unpaired) electrons. The number of hydrogen-bond donors (Lipinski definition) is 0. The van der Waals surface area contributed by atoms with Crippen LogP contribution >= 0.6 is 11.6 Å². The molecule has 158 valence electrons. The van der Waals surface area contributed by atoms with Gasteiger partial charge in [0.15, 0.2) is 15.7 Å². The quantitative estimate of drug-likeness (QED) is 0.547. The molecule has 8 nitrogen and oxygen atoms in total. The van der Waals surface area contributed by atoms with E-state index in [0.717, 1.165) is 0 Å². The fourth-order valence-electron chi connectivity index (χ4n) is 3.40. The minimum Gasteiger partial charge on any atom is -0.338 e. The summed E-state index contributed by atoms with van der Waals surface area (Å²) in [4.78, 5) is 4.34. The van der Waals surface area contributed by atoms with E-state index in [9.17, 15) is 16.8 Å². The van der Waals surface area contributed by atoms with Crippen LogP contribution in [0.25, 0.3) is 0 Å². The van der Waals surface area contributed by atoms with E-state index < -0.39 is 31.7 Å². The maximum Gasteiger partial charge on any atom is 0.245 e. The van der Waals surface area contributed by atoms with Crippen molar-refractivity contribution in [1.82, 2.24) is 14.4 Å². The van der Waals surface area contributed by atoms with Gasteiger partial charge in [0.1, 0.15) is 16.7 Å². The number of hydrogen-bond acceptors (Lipinski definition) is 7. The summed E-state index contributed by atoms with van der Waals surface area (Å²) in [6.45, 7) is 0.276. The summed E-state index contributed by atoms with van der Waals surface area (Å²) in [7, 11) is -7.53. The minimum atomic E-state index is -3.88. The van der Waals surface area contributed by atoms with Crippen molar-refractivity contribution in [3.05, 3.63) is 71.3 Å². The molecule has 0 N–H and O–H groups in total. The lowest BCUT2D eigenvalue weighted by Gasteiger charge is -2.21. The van der Waals surface area contributed by atoms with Crippen LogP contribution in [0.5, 0.6) is 0 Å². The van der Waals surface area contributed by atoms with Gasteiger partial charge >= 0.3 is 0 Å². The summed E-state index contributed by atoms with van der Waals surface area (Å²) >= 11 is 6.09. The van der Waals surface area contributed by atoms with Crippen LogP contribution in [-0.2, 0) is 25.6 Å². The molecular formula is C19H18ClN3O5S2. The zero-order valence-electron chi connectivity index (χ0n) is 15.7. The van der Waals surface area contributed by atoms with Gasteiger partial charge in [-0.25, -0.2) is 16.8 Å². The number of sulfonamides is 1. The van der Waals surface area contributed by atoms with E-state index in [1.165, 1.54) is 28.6 Å². The van der Waals surface area contributed by atoms with Gasteiger partial charge in [0.2, 0.25) is 15.9 Å². The largest absolute Gasteiger partial charge is 0.338 e. The third-order valence-corrected chi connectivity index (χ3v) is 8.85. The molecule has 0 spiro atoms. The molecule has 1 aliphatic rings. The SMILES string of the molecule is O=S(=O)(Cc1noc(C2CCCN2S(=O)(=O)c2ccccc2Cl)n1)c1ccccc1. The van der Waals surface area contributed by atoms with Gasteiger partial charge < -0.3 is 4.52 Å². The van der Waals surface area contributed by atoms with Gasteiger partial charge in [-0.05, 0) is 37.1 Å². The summed E-state index contributed by atoms with van der Waals surface area (Å²) in [5.74, 6) is -0.387. The average molecular weight is 468 g/mol. The monoisotopic (exact) mass is 467 g/mol. The Morgan fingerprint density at radius 3 is 2.47 bits per heavy atom. The first-order valence-electron chi connectivity index (χ1n) is 9.16. The Morgan fingerprint density at radius 1 is 1.03 bits per heavy atom. The molecule has 1 aliphatic heterocycles. The summed E-state index contributed by atoms with van der Waals surface area (Å²) in [5.41, 5.74) is 0. The number of sulfone groups is 1. The Bertz CT molecular complexity index is 1260. The molecule has 1 fully saturated rings. The van der Waals surface area contributed by atoms with Crippen LogP contribution in [0.15, 0.2) is 68.9 Å². The fourth-order valence-corrected chi connectivity index (χ4v) is 6.74. The highest BCUT2D eigenvalue weighted by molar-refractivity contribution is 7.90. The second kappa shape index (κ2) is 8.10. The molecule has 4 rings (SSSR count). The first kappa shape index (κ1) is 21.0. The molecule has 0 saturated carbocycles. The molecule has 2 aromatic carbocycles. The first-order valence-corrected chi connectivity index (χ1v) is 12.6. The van der Waals surface area contributed by atoms with Crippen molar-refractivity contribution < 1.29 is 21.4 Å². The summed E-state index contributed by atoms with van der Waals surface area (Å²) < 4.78 is 57.8. The van der Waals surface area contributed by atoms with Crippen molar-refractivity contribution >= 4 is 31.5 Å². The van der Waals surface area contributed by atoms with Crippen molar-refractivity contribution in [2.45, 2.75) is 34.4 Å². The Morgan fingerprint density at radius 2 is 1.73 bits per heavy atom. The van der Waals surface area contributed by atoms with Crippen molar-refractivity contribution in [1.29, 1.82) is 0 Å². The summed E-state index contributed by atoms with van der Waals surface area (Å²) in [5, 5.41) is 3.89. The number of benzene rings is 2. The average Bonchev–Trinajstić information content (AvgIpc) is 3.38. The Kier molecular flexibility index (Phi) is 5.67. The van der Waals surface area contributed by atoms with Crippen molar-refractivity contribution in [3.8, 4) is 0 Å². The molecule has 1 saturated heterocycles. The van der Waals surface area contributed by atoms with Gasteiger partial charge in [-0.1, -0.05) is 47.1 Å². The maximum atomic E-state index is 13.1. The second-order valence-corrected chi connectivity index (χ2v) is 11.1. The lowest BCUT2D eigenvalue weighted by molar-refractivity contribution is 0.289. The van der Waals surface area contributed by atoms with Crippen LogP contribution in [0.2, 0.25) is 5.02 Å². The fraction of sp³-hybridized carbons (Fsp3) is 0.263. The lowest BCUT2D eigenvalue weighted by Crippen LogP contribution is -2.31. The molecule has 2 heterocycles. The maximum absolute atomic E-state index is 13.1. The molecule has 1 unspecified atom stereocenters. The second-order valence-electron chi connectivity index (χ2n) is 6.83. The van der Waals surface area contributed by atoms with Gasteiger partial charge in [0, 0.05) is 6.54 Å². The van der Waals surface area contributed by atoms with Crippen molar-refractivity contribution in [2.24, 2.45) is 0 Å². The Labute approximate surface area is 179 Å². The van der Waals surface area contributed by atoms with Gasteiger partial charge in [-0.2, -0.15) is 9.29 Å². The topological polar surface area (TPSA) is 110 Å². The van der Waals surface area contributed by atoms with Gasteiger partial charge in [-0.15, -0.1) is 0 Å². The molecule has 3 aromatic rings. The molecule has 0 amide bonds. The zero-order chi connectivity index (χ0) is 21.4. The van der Waals surface area contributed by atoms with Crippen molar-refractivity contribution in [2.75, 3.05) is 6.54 Å². The van der Waals surface area contributed by atoms with Crippen LogP contribution in [-0.4, -0.2) is 37.8 Å². The highest BCUT2D eigenvalue weighted by atomic mass is 35.5. The Hall–Kier alpha value is -2.27. The summed E-state index contributed by atoms with van der Waals surface area (Å²) in [6.07, 6.45) is 1.09. The van der Waals surface area contributed by atoms with Crippen LogP contribution in [0.4, 0.5) is 0 Å². The van der Waals surface area contributed by atoms with Gasteiger partial charge in [0.25, 0.3) is 0 Å². The van der Waals surface area contributed by atoms with E-state index in [2.05, 4.69) is 10.1 Å². The van der Waals surface area contributed by atoms with E-state index in [4.69, 9.17) is 16.1 Å². The third-order valence-electron chi connectivity index (χ3n) is 4.82. The van der Waals surface area contributed by atoms with Gasteiger partial charge in [0.05, 0.1) is 9.92 Å². The molecule has 1 atom stereocenters. The first-order chi connectivity index (χ1) is 14.3. The normalized spacial score (nSPS) is 18.0. The van der Waals surface area contributed by atoms with E-state index in [0.29, 0.717) is 12.8 Å². The number of rotatable bonds is 6. The van der Waals surface area contributed by atoms with E-state index in [-0.39, 0.29) is 33.1 Å². The Balaban J connectivity index is 1.59. The molecule has 30 heavy (non-hydrogen) atoms. The zero-order valence-corrected chi connectivity index (χ0v) is 18.1. The van der Waals surface area contributed by atoms with E-state index in [1.807, 2.05) is 0 Å². The predicted molar refractivity (Wildman–Crippen MR) is 109 cm³/mol. The number of halogens is 1. The highest BCUT2D eigenvalue weighted by Gasteiger charge is 2.40. The number of aromatic nitrogens is 2. The lowest BCUT2D eigenvalue weighted by atomic mass is 10.2. The number of nitrogens with zero attached hydrogens (tertiary/aromatic N) is 3. The van der Waals surface area contributed by atoms with E-state index >= 15 is 0 Å². The summed E-state index contributed by atoms with van der Waals surface area (Å²) in [6, 6.07) is 13.5. The van der Waals surface area contributed by atoms with E-state index in [1.54, 1.807) is 30.3 Å². The van der Waals surface area contributed by atoms with Gasteiger partial charge in [-0.3, -0.25) is 0 Å². The predicted octanol–water partition coefficient (Wildman–Crippen LogP) is 3.22. The molecule has 1 aromatic heterocycles. The van der Waals surface area contributed by atoms with Crippen LogP contribution < -0.4 is 0 Å². The van der Waals surface area contributed by atoms with Crippen LogP contribution in [0.3, 0.4) is 0 Å². The molecular weight excluding hydrogens is 450 g/mol. The van der Waals surface area contributed by atoms with Crippen LogP contribution in [0.1, 0.15) is 30.6 Å². The minimum absolute atomic E-state index is 0.00459. The van der Waals surface area contributed by atoms with Crippen molar-refractivity contribution in [3.63, 3.8) is 0 Å². The van der Waals surface area contributed by atoms with Crippen LogP contribution in [0, 0.1) is 0 Å². The standard InChI is InChI=1S/C19H18ClN3O5S2/c20-15-9-4-5-11-17(15)30(26,27)23-12-6-10-16(23)19-21-18(22-28-19)13-29(24,25)14-7-2-1-3-8-14/h1-5,7-9,11,16H,6,10,12-13H2. The molecule has 11 heteroatoms. The third kappa shape index (κ3) is 4.00. The molecule has 0 bridgehead atoms.